The van der Waals surface area contributed by atoms with Gasteiger partial charge in [-0.3, -0.25) is 4.79 Å². The van der Waals surface area contributed by atoms with Gasteiger partial charge in [0.1, 0.15) is 5.60 Å². The van der Waals surface area contributed by atoms with Crippen LogP contribution in [-0.4, -0.2) is 43.9 Å². The van der Waals surface area contributed by atoms with Crippen molar-refractivity contribution in [3.05, 3.63) is 23.8 Å². The molecule has 0 aromatic heterocycles. The molecule has 0 unspecified atom stereocenters. The van der Waals surface area contributed by atoms with Crippen LogP contribution in [0.15, 0.2) is 18.2 Å². The smallest absolute Gasteiger partial charge is 0.168 e. The topological polar surface area (TPSA) is 65.0 Å². The van der Waals surface area contributed by atoms with E-state index < -0.39 is 5.60 Å². The second kappa shape index (κ2) is 8.00. The Hall–Kier alpha value is -1.59. The summed E-state index contributed by atoms with van der Waals surface area (Å²) in [5, 5.41) is 9.70. The molecule has 0 saturated carbocycles. The van der Waals surface area contributed by atoms with Gasteiger partial charge in [-0.05, 0) is 31.5 Å². The molecule has 21 heavy (non-hydrogen) atoms. The number of carbonyl (C=O) groups is 1. The first-order valence-corrected chi connectivity index (χ1v) is 6.92. The number of hydrogen-bond donors (Lipinski definition) is 1. The predicted molar refractivity (Wildman–Crippen MR) is 80.0 cm³/mol. The van der Waals surface area contributed by atoms with Crippen LogP contribution < -0.4 is 9.47 Å². The van der Waals surface area contributed by atoms with E-state index in [9.17, 15) is 9.90 Å². The van der Waals surface area contributed by atoms with Crippen molar-refractivity contribution in [1.29, 1.82) is 0 Å². The predicted octanol–water partition coefficient (Wildman–Crippen LogP) is 1.99. The summed E-state index contributed by atoms with van der Waals surface area (Å²) in [4.78, 5) is 11.9. The fourth-order valence-corrected chi connectivity index (χ4v) is 1.73. The summed E-state index contributed by atoms with van der Waals surface area (Å²) in [6, 6.07) is 5.33. The Balaban J connectivity index is 2.77. The van der Waals surface area contributed by atoms with Gasteiger partial charge >= 0.3 is 0 Å². The molecular weight excluding hydrogens is 272 g/mol. The molecule has 0 atom stereocenters. The average molecular weight is 296 g/mol. The molecule has 0 amide bonds. The largest absolute Gasteiger partial charge is 0.493 e. The second-order valence-electron chi connectivity index (χ2n) is 5.34. The van der Waals surface area contributed by atoms with Gasteiger partial charge in [0.15, 0.2) is 17.3 Å². The first-order chi connectivity index (χ1) is 9.88. The van der Waals surface area contributed by atoms with Gasteiger partial charge in [-0.15, -0.1) is 0 Å². The molecule has 0 radical (unpaired) electrons. The monoisotopic (exact) mass is 296 g/mol. The van der Waals surface area contributed by atoms with Crippen LogP contribution in [0.4, 0.5) is 0 Å². The minimum Gasteiger partial charge on any atom is -0.493 e. The zero-order valence-electron chi connectivity index (χ0n) is 13.1. The Labute approximate surface area is 125 Å². The van der Waals surface area contributed by atoms with Crippen LogP contribution in [0.2, 0.25) is 0 Å². The van der Waals surface area contributed by atoms with Crippen LogP contribution in [0.5, 0.6) is 11.5 Å². The lowest BCUT2D eigenvalue weighted by Crippen LogP contribution is -2.32. The number of ketones is 1. The van der Waals surface area contributed by atoms with Crippen LogP contribution in [-0.2, 0) is 16.0 Å². The lowest BCUT2D eigenvalue weighted by Gasteiger charge is -2.16. The summed E-state index contributed by atoms with van der Waals surface area (Å²) >= 11 is 0. The second-order valence-corrected chi connectivity index (χ2v) is 5.34. The van der Waals surface area contributed by atoms with Crippen molar-refractivity contribution in [3.8, 4) is 11.5 Å². The minimum absolute atomic E-state index is 0.155. The van der Waals surface area contributed by atoms with Crippen LogP contribution in [0.1, 0.15) is 25.8 Å². The molecule has 0 aliphatic rings. The van der Waals surface area contributed by atoms with E-state index in [0.29, 0.717) is 24.7 Å². The molecule has 1 aromatic carbocycles. The SMILES string of the molecule is COCCCOc1cc(CC(=O)C(C)(C)O)ccc1OC. The first-order valence-electron chi connectivity index (χ1n) is 6.92. The highest BCUT2D eigenvalue weighted by atomic mass is 16.5. The fourth-order valence-electron chi connectivity index (χ4n) is 1.73. The average Bonchev–Trinajstić information content (AvgIpc) is 2.43. The molecular formula is C16H24O5. The van der Waals surface area contributed by atoms with E-state index in [1.165, 1.54) is 13.8 Å². The number of aliphatic hydroxyl groups is 1. The van der Waals surface area contributed by atoms with Crippen LogP contribution >= 0.6 is 0 Å². The number of rotatable bonds is 9. The molecule has 0 fully saturated rings. The lowest BCUT2D eigenvalue weighted by molar-refractivity contribution is -0.133. The van der Waals surface area contributed by atoms with Gasteiger partial charge in [0.05, 0.1) is 13.7 Å². The maximum atomic E-state index is 11.9. The molecule has 0 aliphatic carbocycles. The van der Waals surface area contributed by atoms with Crippen molar-refractivity contribution in [2.45, 2.75) is 32.3 Å². The van der Waals surface area contributed by atoms with Gasteiger partial charge in [-0.2, -0.15) is 0 Å². The highest BCUT2D eigenvalue weighted by Gasteiger charge is 2.23. The van der Waals surface area contributed by atoms with Crippen molar-refractivity contribution in [2.24, 2.45) is 0 Å². The summed E-state index contributed by atoms with van der Waals surface area (Å²) in [6.45, 7) is 4.11. The van der Waals surface area contributed by atoms with Gasteiger partial charge < -0.3 is 19.3 Å². The van der Waals surface area contributed by atoms with E-state index in [-0.39, 0.29) is 12.2 Å². The number of carbonyl (C=O) groups excluding carboxylic acids is 1. The van der Waals surface area contributed by atoms with Gasteiger partial charge in [-0.25, -0.2) is 0 Å². The van der Waals surface area contributed by atoms with Crippen LogP contribution in [0.25, 0.3) is 0 Å². The molecule has 0 heterocycles. The molecule has 1 N–H and O–H groups in total. The summed E-state index contributed by atoms with van der Waals surface area (Å²) in [7, 11) is 3.21. The molecule has 0 aliphatic heterocycles. The molecule has 5 heteroatoms. The Morgan fingerprint density at radius 3 is 2.48 bits per heavy atom. The number of methoxy groups -OCH3 is 2. The zero-order valence-corrected chi connectivity index (χ0v) is 13.1. The van der Waals surface area contributed by atoms with Gasteiger partial charge in [0.2, 0.25) is 0 Å². The Kier molecular flexibility index (Phi) is 6.65. The first kappa shape index (κ1) is 17.5. The van der Waals surface area contributed by atoms with E-state index in [4.69, 9.17) is 14.2 Å². The molecule has 5 nitrogen and oxygen atoms in total. The summed E-state index contributed by atoms with van der Waals surface area (Å²) in [6.07, 6.45) is 0.925. The molecule has 1 aromatic rings. The number of ether oxygens (including phenoxy) is 3. The highest BCUT2D eigenvalue weighted by Crippen LogP contribution is 2.28. The molecule has 0 saturated heterocycles. The minimum atomic E-state index is -1.33. The van der Waals surface area contributed by atoms with Crippen LogP contribution in [0.3, 0.4) is 0 Å². The van der Waals surface area contributed by atoms with Gasteiger partial charge in [-0.1, -0.05) is 6.07 Å². The van der Waals surface area contributed by atoms with E-state index in [1.807, 2.05) is 0 Å². The maximum absolute atomic E-state index is 11.9. The Morgan fingerprint density at radius 2 is 1.90 bits per heavy atom. The zero-order chi connectivity index (χ0) is 15.9. The fraction of sp³-hybridized carbons (Fsp3) is 0.562. The number of benzene rings is 1. The quantitative estimate of drug-likeness (QED) is 0.706. The molecule has 1 rings (SSSR count). The Morgan fingerprint density at radius 1 is 1.19 bits per heavy atom. The molecule has 0 spiro atoms. The van der Waals surface area contributed by atoms with Crippen molar-refractivity contribution >= 4 is 5.78 Å². The normalized spacial score (nSPS) is 11.3. The third-order valence-electron chi connectivity index (χ3n) is 3.03. The van der Waals surface area contributed by atoms with Gasteiger partial charge in [0.25, 0.3) is 0 Å². The van der Waals surface area contributed by atoms with Crippen molar-refractivity contribution in [3.63, 3.8) is 0 Å². The van der Waals surface area contributed by atoms with Crippen molar-refractivity contribution in [2.75, 3.05) is 27.4 Å². The third kappa shape index (κ3) is 5.73. The highest BCUT2D eigenvalue weighted by molar-refractivity contribution is 5.88. The molecule has 118 valence electrons. The van der Waals surface area contributed by atoms with Crippen LogP contribution in [0, 0.1) is 0 Å². The maximum Gasteiger partial charge on any atom is 0.168 e. The summed E-state index contributed by atoms with van der Waals surface area (Å²) < 4.78 is 15.9. The van der Waals surface area contributed by atoms with Crippen molar-refractivity contribution < 1.29 is 24.1 Å². The van der Waals surface area contributed by atoms with Crippen molar-refractivity contribution in [1.82, 2.24) is 0 Å². The third-order valence-corrected chi connectivity index (χ3v) is 3.03. The van der Waals surface area contributed by atoms with E-state index >= 15 is 0 Å². The van der Waals surface area contributed by atoms with Gasteiger partial charge in [0, 0.05) is 26.6 Å². The number of Topliss-reactive ketones (excluding diaryl/α,β-unsaturated/α-hetero) is 1. The summed E-state index contributed by atoms with van der Waals surface area (Å²) in [5.74, 6) is 0.972. The molecule has 0 bridgehead atoms. The summed E-state index contributed by atoms with van der Waals surface area (Å²) in [5.41, 5.74) is -0.552. The van der Waals surface area contributed by atoms with E-state index in [0.717, 1.165) is 12.0 Å². The Bertz CT molecular complexity index is 462. The number of hydrogen-bond acceptors (Lipinski definition) is 5. The van der Waals surface area contributed by atoms with E-state index in [1.54, 1.807) is 32.4 Å². The lowest BCUT2D eigenvalue weighted by atomic mass is 9.97. The standard InChI is InChI=1S/C16H24O5/c1-16(2,18)15(17)11-12-6-7-13(20-4)14(10-12)21-9-5-8-19-3/h6-7,10,18H,5,8-9,11H2,1-4H3. The van der Waals surface area contributed by atoms with E-state index in [2.05, 4.69) is 0 Å².